The second kappa shape index (κ2) is 11.4. The summed E-state index contributed by atoms with van der Waals surface area (Å²) in [6, 6.07) is 9.53. The van der Waals surface area contributed by atoms with E-state index in [0.29, 0.717) is 50.7 Å². The Kier molecular flexibility index (Phi) is 8.28. The van der Waals surface area contributed by atoms with Gasteiger partial charge in [-0.25, -0.2) is 23.8 Å². The molecule has 2 aromatic rings. The first kappa shape index (κ1) is 26.8. The fraction of sp³-hybridized carbons (Fsp3) is 0.520. The summed E-state index contributed by atoms with van der Waals surface area (Å²) >= 11 is -2.11. The van der Waals surface area contributed by atoms with Gasteiger partial charge in [0.2, 0.25) is 0 Å². The molecule has 12 heteroatoms. The van der Waals surface area contributed by atoms with Gasteiger partial charge in [0.1, 0.15) is 29.6 Å². The molecular weight excluding hydrogens is 498 g/mol. The van der Waals surface area contributed by atoms with E-state index >= 15 is 0 Å². The van der Waals surface area contributed by atoms with E-state index in [4.69, 9.17) is 9.47 Å². The molecule has 2 amide bonds. The average Bonchev–Trinajstić information content (AvgIpc) is 2.86. The molecule has 1 unspecified atom stereocenters. The van der Waals surface area contributed by atoms with Crippen LogP contribution in [0, 0.1) is 0 Å². The fourth-order valence-corrected chi connectivity index (χ4v) is 4.64. The maximum absolute atomic E-state index is 12.6. The van der Waals surface area contributed by atoms with Crippen LogP contribution >= 0.6 is 0 Å². The van der Waals surface area contributed by atoms with Crippen LogP contribution in [0.25, 0.3) is 0 Å². The Morgan fingerprint density at radius 3 is 2.35 bits per heavy atom. The minimum Gasteiger partial charge on any atom is -0.445 e. The van der Waals surface area contributed by atoms with Crippen LogP contribution in [-0.4, -0.2) is 79.0 Å². The number of nitrogens with zero attached hydrogens (tertiary/aromatic N) is 5. The van der Waals surface area contributed by atoms with Gasteiger partial charge in [-0.3, -0.25) is 0 Å². The minimum atomic E-state index is -2.11. The Bertz CT molecular complexity index is 1150. The Labute approximate surface area is 219 Å². The highest BCUT2D eigenvalue weighted by molar-refractivity contribution is 7.78. The lowest BCUT2D eigenvalue weighted by Gasteiger charge is -2.37. The summed E-state index contributed by atoms with van der Waals surface area (Å²) in [5.41, 5.74) is 1.87. The number of carbonyl (C=O) groups excluding carboxylic acids is 2. The Hall–Kier alpha value is -3.25. The van der Waals surface area contributed by atoms with Crippen LogP contribution in [0.1, 0.15) is 43.4 Å². The molecule has 1 aromatic carbocycles. The van der Waals surface area contributed by atoms with E-state index in [1.54, 1.807) is 9.80 Å². The summed E-state index contributed by atoms with van der Waals surface area (Å²) in [6.07, 6.45) is -0.253. The maximum Gasteiger partial charge on any atom is 0.410 e. The third-order valence-electron chi connectivity index (χ3n) is 6.04. The van der Waals surface area contributed by atoms with E-state index < -0.39 is 22.8 Å². The smallest absolute Gasteiger partial charge is 0.410 e. The predicted molar refractivity (Wildman–Crippen MR) is 137 cm³/mol. The lowest BCUT2D eigenvalue weighted by atomic mass is 10.0. The molecule has 1 fully saturated rings. The summed E-state index contributed by atoms with van der Waals surface area (Å²) in [5.74, 6) is 0.718. The lowest BCUT2D eigenvalue weighted by molar-refractivity contribution is 0.0220. The molecule has 2 aliphatic heterocycles. The number of ether oxygens (including phenoxy) is 2. The summed E-state index contributed by atoms with van der Waals surface area (Å²) in [7, 11) is 0. The standard InChI is InChI=1S/C25H33N5O6S/c1-25(2,3)36-24(32)30-10-9-19-20(15-30)26-21(17-37(33)34)27-22(19)28-11-13-29(14-12-28)23(31)35-16-18-7-5-4-6-8-18/h4-8H,9-17H2,1-3H3,(H,33,34). The zero-order chi connectivity index (χ0) is 26.6. The minimum absolute atomic E-state index is 0.210. The highest BCUT2D eigenvalue weighted by Crippen LogP contribution is 2.28. The third-order valence-corrected chi connectivity index (χ3v) is 6.54. The van der Waals surface area contributed by atoms with E-state index in [9.17, 15) is 18.4 Å². The van der Waals surface area contributed by atoms with E-state index in [1.807, 2.05) is 51.1 Å². The van der Waals surface area contributed by atoms with Gasteiger partial charge >= 0.3 is 12.2 Å². The van der Waals surface area contributed by atoms with Gasteiger partial charge in [0.05, 0.1) is 12.2 Å². The Morgan fingerprint density at radius 2 is 1.70 bits per heavy atom. The number of hydrogen-bond donors (Lipinski definition) is 1. The number of aromatic nitrogens is 2. The molecule has 200 valence electrons. The average molecular weight is 532 g/mol. The first-order valence-corrected chi connectivity index (χ1v) is 13.5. The van der Waals surface area contributed by atoms with Gasteiger partial charge < -0.3 is 28.7 Å². The van der Waals surface area contributed by atoms with Crippen molar-refractivity contribution in [1.82, 2.24) is 19.8 Å². The van der Waals surface area contributed by atoms with Crippen molar-refractivity contribution in [2.75, 3.05) is 37.6 Å². The third kappa shape index (κ3) is 7.16. The lowest BCUT2D eigenvalue weighted by Crippen LogP contribution is -2.50. The second-order valence-electron chi connectivity index (χ2n) is 10.0. The number of amides is 2. The van der Waals surface area contributed by atoms with Crippen molar-refractivity contribution in [3.8, 4) is 0 Å². The number of hydrogen-bond acceptors (Lipinski definition) is 8. The molecule has 11 nitrogen and oxygen atoms in total. The molecule has 1 saturated heterocycles. The van der Waals surface area contributed by atoms with E-state index in [0.717, 1.165) is 11.1 Å². The number of rotatable bonds is 5. The first-order valence-electron chi connectivity index (χ1n) is 12.2. The highest BCUT2D eigenvalue weighted by atomic mass is 32.2. The number of benzene rings is 1. The zero-order valence-electron chi connectivity index (χ0n) is 21.4. The number of carbonyl (C=O) groups is 2. The van der Waals surface area contributed by atoms with Gasteiger partial charge in [-0.15, -0.1) is 0 Å². The van der Waals surface area contributed by atoms with Crippen LogP contribution < -0.4 is 4.90 Å². The van der Waals surface area contributed by atoms with Crippen molar-refractivity contribution in [2.45, 2.75) is 51.7 Å². The van der Waals surface area contributed by atoms with Crippen LogP contribution in [0.15, 0.2) is 30.3 Å². The van der Waals surface area contributed by atoms with E-state index in [2.05, 4.69) is 14.9 Å². The van der Waals surface area contributed by atoms with Crippen LogP contribution in [0.3, 0.4) is 0 Å². The van der Waals surface area contributed by atoms with Gasteiger partial charge in [0.25, 0.3) is 0 Å². The molecule has 3 heterocycles. The van der Waals surface area contributed by atoms with E-state index in [-0.39, 0.29) is 30.8 Å². The first-order chi connectivity index (χ1) is 17.6. The monoisotopic (exact) mass is 531 g/mol. The largest absolute Gasteiger partial charge is 0.445 e. The zero-order valence-corrected chi connectivity index (χ0v) is 22.2. The quantitative estimate of drug-likeness (QED) is 0.580. The molecule has 4 rings (SSSR count). The Morgan fingerprint density at radius 1 is 1.00 bits per heavy atom. The Balaban J connectivity index is 1.45. The van der Waals surface area contributed by atoms with Gasteiger partial charge in [-0.2, -0.15) is 0 Å². The molecule has 0 aliphatic carbocycles. The van der Waals surface area contributed by atoms with Crippen molar-refractivity contribution < 1.29 is 27.8 Å². The van der Waals surface area contributed by atoms with Crippen LogP contribution in [0.4, 0.5) is 15.4 Å². The van der Waals surface area contributed by atoms with Crippen LogP contribution in [0.5, 0.6) is 0 Å². The highest BCUT2D eigenvalue weighted by Gasteiger charge is 2.31. The molecule has 0 spiro atoms. The van der Waals surface area contributed by atoms with Crippen molar-refractivity contribution in [3.05, 3.63) is 53.0 Å². The van der Waals surface area contributed by atoms with Gasteiger partial charge in [-0.1, -0.05) is 30.3 Å². The van der Waals surface area contributed by atoms with Crippen LogP contribution in [-0.2, 0) is 45.9 Å². The van der Waals surface area contributed by atoms with Crippen molar-refractivity contribution in [1.29, 1.82) is 0 Å². The summed E-state index contributed by atoms with van der Waals surface area (Å²) in [6.45, 7) is 8.32. The van der Waals surface area contributed by atoms with Gasteiger partial charge in [0.15, 0.2) is 11.1 Å². The molecule has 0 radical (unpaired) electrons. The molecular formula is C25H33N5O6S. The number of piperazine rings is 1. The second-order valence-corrected chi connectivity index (χ2v) is 11.0. The summed E-state index contributed by atoms with van der Waals surface area (Å²) in [5, 5.41) is 0. The van der Waals surface area contributed by atoms with Gasteiger partial charge in [0, 0.05) is 38.3 Å². The predicted octanol–water partition coefficient (Wildman–Crippen LogP) is 2.95. The van der Waals surface area contributed by atoms with Crippen LogP contribution in [0.2, 0.25) is 0 Å². The van der Waals surface area contributed by atoms with Crippen molar-refractivity contribution in [2.24, 2.45) is 0 Å². The van der Waals surface area contributed by atoms with Gasteiger partial charge in [-0.05, 0) is 32.8 Å². The van der Waals surface area contributed by atoms with Crippen molar-refractivity contribution >= 4 is 29.1 Å². The molecule has 0 saturated carbocycles. The van der Waals surface area contributed by atoms with Crippen molar-refractivity contribution in [3.63, 3.8) is 0 Å². The topological polar surface area (TPSA) is 125 Å². The molecule has 37 heavy (non-hydrogen) atoms. The maximum atomic E-state index is 12.6. The molecule has 1 N–H and O–H groups in total. The molecule has 2 aliphatic rings. The number of anilines is 1. The number of fused-ring (bicyclic) bond motifs is 1. The SMILES string of the molecule is CC(C)(C)OC(=O)N1CCc2c(nc(CS(=O)O)nc2N2CCN(C(=O)OCc3ccccc3)CC2)C1. The van der Waals surface area contributed by atoms with E-state index in [1.165, 1.54) is 0 Å². The molecule has 1 atom stereocenters. The molecule has 1 aromatic heterocycles. The molecule has 0 bridgehead atoms. The summed E-state index contributed by atoms with van der Waals surface area (Å²) < 4.78 is 31.9. The normalized spacial score (nSPS) is 16.7. The summed E-state index contributed by atoms with van der Waals surface area (Å²) in [4.78, 5) is 39.6. The fourth-order valence-electron chi connectivity index (χ4n) is 4.29.